The van der Waals surface area contributed by atoms with E-state index in [-0.39, 0.29) is 0 Å². The van der Waals surface area contributed by atoms with Gasteiger partial charge in [-0.15, -0.1) is 0 Å². The summed E-state index contributed by atoms with van der Waals surface area (Å²) in [5.41, 5.74) is 1.29. The number of rotatable bonds is 5. The van der Waals surface area contributed by atoms with Crippen molar-refractivity contribution < 1.29 is 4.74 Å². The van der Waals surface area contributed by atoms with E-state index in [0.717, 1.165) is 13.2 Å². The van der Waals surface area contributed by atoms with Gasteiger partial charge in [0.1, 0.15) is 0 Å². The molecule has 0 bridgehead atoms. The van der Waals surface area contributed by atoms with Gasteiger partial charge in [0.15, 0.2) is 0 Å². The van der Waals surface area contributed by atoms with E-state index in [0.29, 0.717) is 6.04 Å². The van der Waals surface area contributed by atoms with Gasteiger partial charge in [-0.2, -0.15) is 0 Å². The predicted molar refractivity (Wildman–Crippen MR) is 53.6 cm³/mol. The standard InChI is InChI=1S/C11H16NO/c1-10(12-8-9-13-2)11-6-4-3-5-7-11/h4-7,10,12H,8-9H2,1-2H3. The average Bonchev–Trinajstić information content (AvgIpc) is 2.19. The average molecular weight is 178 g/mol. The summed E-state index contributed by atoms with van der Waals surface area (Å²) >= 11 is 0. The Hall–Kier alpha value is -0.860. The largest absolute Gasteiger partial charge is 0.383 e. The topological polar surface area (TPSA) is 21.3 Å². The molecule has 0 spiro atoms. The Bertz CT molecular complexity index is 223. The number of ether oxygens (including phenoxy) is 1. The summed E-state index contributed by atoms with van der Waals surface area (Å²) in [5, 5.41) is 3.36. The normalized spacial score (nSPS) is 12.8. The number of hydrogen-bond donors (Lipinski definition) is 1. The zero-order chi connectivity index (χ0) is 9.52. The van der Waals surface area contributed by atoms with Gasteiger partial charge in [0.2, 0.25) is 0 Å². The fourth-order valence-electron chi connectivity index (χ4n) is 1.18. The highest BCUT2D eigenvalue weighted by molar-refractivity contribution is 5.17. The van der Waals surface area contributed by atoms with Crippen molar-refractivity contribution in [3.63, 3.8) is 0 Å². The fraction of sp³-hybridized carbons (Fsp3) is 0.455. The highest BCUT2D eigenvalue weighted by Crippen LogP contribution is 2.09. The van der Waals surface area contributed by atoms with Crippen LogP contribution in [0.1, 0.15) is 18.5 Å². The highest BCUT2D eigenvalue weighted by atomic mass is 16.5. The second kappa shape index (κ2) is 5.73. The molecule has 1 rings (SSSR count). The van der Waals surface area contributed by atoms with Crippen LogP contribution in [0.15, 0.2) is 24.3 Å². The Morgan fingerprint density at radius 3 is 2.77 bits per heavy atom. The van der Waals surface area contributed by atoms with Crippen LogP contribution >= 0.6 is 0 Å². The lowest BCUT2D eigenvalue weighted by Crippen LogP contribution is -2.22. The van der Waals surface area contributed by atoms with E-state index < -0.39 is 0 Å². The fourth-order valence-corrected chi connectivity index (χ4v) is 1.18. The highest BCUT2D eigenvalue weighted by Gasteiger charge is 2.01. The van der Waals surface area contributed by atoms with E-state index in [2.05, 4.69) is 30.4 Å². The minimum Gasteiger partial charge on any atom is -0.383 e. The van der Waals surface area contributed by atoms with Gasteiger partial charge in [-0.3, -0.25) is 0 Å². The number of benzene rings is 1. The molecule has 0 aliphatic heterocycles. The predicted octanol–water partition coefficient (Wildman–Crippen LogP) is 1.78. The molecular weight excluding hydrogens is 162 g/mol. The van der Waals surface area contributed by atoms with Gasteiger partial charge in [-0.25, -0.2) is 0 Å². The van der Waals surface area contributed by atoms with Crippen LogP contribution < -0.4 is 5.32 Å². The van der Waals surface area contributed by atoms with Crippen LogP contribution in [0.3, 0.4) is 0 Å². The van der Waals surface area contributed by atoms with Crippen molar-refractivity contribution in [3.8, 4) is 0 Å². The SMILES string of the molecule is COCCNC(C)c1cc[c]cc1. The molecule has 2 nitrogen and oxygen atoms in total. The summed E-state index contributed by atoms with van der Waals surface area (Å²) in [6.07, 6.45) is 0. The van der Waals surface area contributed by atoms with Gasteiger partial charge >= 0.3 is 0 Å². The molecule has 1 unspecified atom stereocenters. The Labute approximate surface area is 79.9 Å². The lowest BCUT2D eigenvalue weighted by Gasteiger charge is -2.13. The summed E-state index contributed by atoms with van der Waals surface area (Å²) in [6, 6.07) is 11.4. The van der Waals surface area contributed by atoms with Crippen LogP contribution in [0.4, 0.5) is 0 Å². The van der Waals surface area contributed by atoms with E-state index in [1.165, 1.54) is 5.56 Å². The quantitative estimate of drug-likeness (QED) is 0.694. The Balaban J connectivity index is 2.35. The van der Waals surface area contributed by atoms with Crippen molar-refractivity contribution >= 4 is 0 Å². The van der Waals surface area contributed by atoms with E-state index in [1.54, 1.807) is 7.11 Å². The first-order chi connectivity index (χ1) is 6.34. The zero-order valence-electron chi connectivity index (χ0n) is 8.21. The maximum absolute atomic E-state index is 4.96. The molecule has 0 fully saturated rings. The van der Waals surface area contributed by atoms with Gasteiger partial charge in [-0.1, -0.05) is 24.3 Å². The van der Waals surface area contributed by atoms with E-state index in [1.807, 2.05) is 12.1 Å². The number of hydrogen-bond acceptors (Lipinski definition) is 2. The molecule has 1 aromatic carbocycles. The first-order valence-electron chi connectivity index (χ1n) is 4.53. The molecule has 13 heavy (non-hydrogen) atoms. The molecule has 1 radical (unpaired) electrons. The first-order valence-corrected chi connectivity index (χ1v) is 4.53. The second-order valence-corrected chi connectivity index (χ2v) is 3.00. The van der Waals surface area contributed by atoms with Crippen molar-refractivity contribution in [2.24, 2.45) is 0 Å². The van der Waals surface area contributed by atoms with Crippen molar-refractivity contribution in [2.45, 2.75) is 13.0 Å². The van der Waals surface area contributed by atoms with Crippen molar-refractivity contribution in [1.82, 2.24) is 5.32 Å². The minimum atomic E-state index is 0.379. The molecule has 1 aromatic rings. The first kappa shape index (κ1) is 10.2. The van der Waals surface area contributed by atoms with Crippen LogP contribution in [0.2, 0.25) is 0 Å². The molecule has 0 saturated heterocycles. The van der Waals surface area contributed by atoms with Crippen LogP contribution in [0, 0.1) is 6.07 Å². The third-order valence-corrected chi connectivity index (χ3v) is 2.00. The lowest BCUT2D eigenvalue weighted by molar-refractivity contribution is 0.196. The monoisotopic (exact) mass is 178 g/mol. The van der Waals surface area contributed by atoms with E-state index >= 15 is 0 Å². The Kier molecular flexibility index (Phi) is 4.50. The van der Waals surface area contributed by atoms with Crippen LogP contribution in [0.25, 0.3) is 0 Å². The maximum Gasteiger partial charge on any atom is 0.0587 e. The molecule has 0 aliphatic rings. The summed E-state index contributed by atoms with van der Waals surface area (Å²) in [5.74, 6) is 0. The molecule has 71 valence electrons. The van der Waals surface area contributed by atoms with Crippen molar-refractivity contribution in [1.29, 1.82) is 0 Å². The van der Waals surface area contributed by atoms with Gasteiger partial charge in [0.05, 0.1) is 6.61 Å². The Morgan fingerprint density at radius 1 is 1.46 bits per heavy atom. The molecule has 2 heteroatoms. The Morgan fingerprint density at radius 2 is 2.15 bits per heavy atom. The summed E-state index contributed by atoms with van der Waals surface area (Å²) in [6.45, 7) is 3.78. The van der Waals surface area contributed by atoms with Gasteiger partial charge in [0.25, 0.3) is 0 Å². The molecule has 0 aromatic heterocycles. The van der Waals surface area contributed by atoms with Gasteiger partial charge < -0.3 is 10.1 Å². The second-order valence-electron chi connectivity index (χ2n) is 3.00. The number of methoxy groups -OCH3 is 1. The summed E-state index contributed by atoms with van der Waals surface area (Å²) in [7, 11) is 1.71. The molecular formula is C11H16NO. The lowest BCUT2D eigenvalue weighted by atomic mass is 10.1. The molecule has 0 heterocycles. The smallest absolute Gasteiger partial charge is 0.0587 e. The van der Waals surface area contributed by atoms with Crippen LogP contribution in [-0.2, 0) is 4.74 Å². The third-order valence-electron chi connectivity index (χ3n) is 2.00. The third kappa shape index (κ3) is 3.57. The van der Waals surface area contributed by atoms with E-state index in [4.69, 9.17) is 4.74 Å². The van der Waals surface area contributed by atoms with Crippen LogP contribution in [0.5, 0.6) is 0 Å². The molecule has 1 atom stereocenters. The van der Waals surface area contributed by atoms with Crippen molar-refractivity contribution in [3.05, 3.63) is 35.9 Å². The minimum absolute atomic E-state index is 0.379. The maximum atomic E-state index is 4.96. The van der Waals surface area contributed by atoms with Crippen molar-refractivity contribution in [2.75, 3.05) is 20.3 Å². The summed E-state index contributed by atoms with van der Waals surface area (Å²) in [4.78, 5) is 0. The van der Waals surface area contributed by atoms with Gasteiger partial charge in [-0.05, 0) is 18.6 Å². The number of nitrogens with one attached hydrogen (secondary N) is 1. The zero-order valence-corrected chi connectivity index (χ0v) is 8.21. The molecule has 0 aliphatic carbocycles. The molecule has 0 amide bonds. The van der Waals surface area contributed by atoms with Gasteiger partial charge in [0, 0.05) is 19.7 Å². The summed E-state index contributed by atoms with van der Waals surface area (Å²) < 4.78 is 4.96. The molecule has 1 N–H and O–H groups in total. The van der Waals surface area contributed by atoms with Crippen LogP contribution in [-0.4, -0.2) is 20.3 Å². The molecule has 0 saturated carbocycles. The van der Waals surface area contributed by atoms with E-state index in [9.17, 15) is 0 Å².